The van der Waals surface area contributed by atoms with Crippen molar-refractivity contribution >= 4 is 17.7 Å². The number of hydrogen-bond acceptors (Lipinski definition) is 3. The first-order valence-corrected chi connectivity index (χ1v) is 8.92. The lowest BCUT2D eigenvalue weighted by Crippen LogP contribution is -2.36. The van der Waals surface area contributed by atoms with E-state index in [1.807, 2.05) is 36.3 Å². The summed E-state index contributed by atoms with van der Waals surface area (Å²) in [6.07, 6.45) is 5.38. The third-order valence-corrected chi connectivity index (χ3v) is 4.27. The van der Waals surface area contributed by atoms with Crippen LogP contribution >= 0.6 is 11.8 Å². The minimum Gasteiger partial charge on any atom is -0.331 e. The van der Waals surface area contributed by atoms with Crippen LogP contribution in [0.2, 0.25) is 0 Å². The van der Waals surface area contributed by atoms with Crippen LogP contribution in [-0.4, -0.2) is 34.3 Å². The van der Waals surface area contributed by atoms with Crippen molar-refractivity contribution in [2.45, 2.75) is 19.9 Å². The highest BCUT2D eigenvalue weighted by atomic mass is 32.2. The largest absolute Gasteiger partial charge is 0.331 e. The predicted octanol–water partition coefficient (Wildman–Crippen LogP) is 3.83. The number of halogens is 1. The van der Waals surface area contributed by atoms with Gasteiger partial charge in [-0.15, -0.1) is 0 Å². The van der Waals surface area contributed by atoms with Crippen molar-refractivity contribution in [2.75, 3.05) is 18.6 Å². The van der Waals surface area contributed by atoms with Crippen molar-refractivity contribution < 1.29 is 9.18 Å². The topological polar surface area (TPSA) is 33.2 Å². The molecule has 1 atom stereocenters. The zero-order valence-electron chi connectivity index (χ0n) is 13.6. The van der Waals surface area contributed by atoms with Crippen LogP contribution in [0.4, 0.5) is 4.39 Å². The summed E-state index contributed by atoms with van der Waals surface area (Å²) < 4.78 is 13.6. The Bertz CT molecular complexity index is 663. The van der Waals surface area contributed by atoms with E-state index in [0.717, 1.165) is 11.1 Å². The van der Waals surface area contributed by atoms with E-state index >= 15 is 0 Å². The van der Waals surface area contributed by atoms with Crippen LogP contribution in [0.25, 0.3) is 0 Å². The number of nitrogens with zero attached hydrogens (tertiary/aromatic N) is 2. The van der Waals surface area contributed by atoms with Gasteiger partial charge in [-0.05, 0) is 48.9 Å². The molecule has 122 valence electrons. The second-order valence-electron chi connectivity index (χ2n) is 5.31. The van der Waals surface area contributed by atoms with Crippen LogP contribution < -0.4 is 0 Å². The molecule has 1 amide bonds. The number of hydrogen-bond donors (Lipinski definition) is 0. The number of pyridine rings is 1. The summed E-state index contributed by atoms with van der Waals surface area (Å²) in [5, 5.41) is 0. The maximum absolute atomic E-state index is 13.6. The average Bonchev–Trinajstić information content (AvgIpc) is 2.56. The van der Waals surface area contributed by atoms with Gasteiger partial charge in [-0.2, -0.15) is 11.8 Å². The molecule has 0 bridgehead atoms. The van der Waals surface area contributed by atoms with Gasteiger partial charge in [-0.25, -0.2) is 4.39 Å². The van der Waals surface area contributed by atoms with Gasteiger partial charge in [0.2, 0.25) is 5.91 Å². The number of carbonyl (C=O) groups is 1. The van der Waals surface area contributed by atoms with Crippen molar-refractivity contribution in [1.29, 1.82) is 0 Å². The highest BCUT2D eigenvalue weighted by molar-refractivity contribution is 7.99. The van der Waals surface area contributed by atoms with Crippen LogP contribution in [0.15, 0.2) is 42.7 Å². The van der Waals surface area contributed by atoms with E-state index in [-0.39, 0.29) is 17.8 Å². The standard InChI is InChI=1S/C18H21FN2OS/c1-4-21(17(22)12-23-3)18(15-6-5-9-20-11-15)14-7-8-16(19)13(2)10-14/h5-11,18H,4,12H2,1-3H3/t18-/m1/s1. The first-order valence-electron chi connectivity index (χ1n) is 7.52. The molecule has 5 heteroatoms. The first kappa shape index (κ1) is 17.5. The summed E-state index contributed by atoms with van der Waals surface area (Å²) in [7, 11) is 0. The fourth-order valence-corrected chi connectivity index (χ4v) is 3.05. The van der Waals surface area contributed by atoms with Gasteiger partial charge in [-0.1, -0.05) is 18.2 Å². The van der Waals surface area contributed by atoms with Crippen LogP contribution in [0.1, 0.15) is 29.7 Å². The average molecular weight is 332 g/mol. The Labute approximate surface area is 140 Å². The summed E-state index contributed by atoms with van der Waals surface area (Å²) in [5.74, 6) is 0.248. The fraction of sp³-hybridized carbons (Fsp3) is 0.333. The molecule has 1 aromatic heterocycles. The molecule has 0 aliphatic heterocycles. The van der Waals surface area contributed by atoms with E-state index in [4.69, 9.17) is 0 Å². The van der Waals surface area contributed by atoms with Crippen LogP contribution in [0, 0.1) is 12.7 Å². The third-order valence-electron chi connectivity index (χ3n) is 3.74. The molecule has 0 spiro atoms. The van der Waals surface area contributed by atoms with Gasteiger partial charge < -0.3 is 4.90 Å². The van der Waals surface area contributed by atoms with Crippen molar-refractivity contribution in [3.63, 3.8) is 0 Å². The number of aromatic nitrogens is 1. The lowest BCUT2D eigenvalue weighted by Gasteiger charge is -2.31. The minimum absolute atomic E-state index is 0.0656. The van der Waals surface area contributed by atoms with E-state index in [0.29, 0.717) is 17.9 Å². The van der Waals surface area contributed by atoms with Crippen molar-refractivity contribution in [3.05, 3.63) is 65.2 Å². The Hall–Kier alpha value is -1.88. The molecule has 0 unspecified atom stereocenters. The molecule has 0 N–H and O–H groups in total. The molecule has 2 rings (SSSR count). The summed E-state index contributed by atoms with van der Waals surface area (Å²) in [6, 6.07) is 8.56. The van der Waals surface area contributed by atoms with E-state index in [1.54, 1.807) is 25.4 Å². The molecule has 0 radical (unpaired) electrons. The van der Waals surface area contributed by atoms with E-state index in [1.165, 1.54) is 17.8 Å². The molecule has 23 heavy (non-hydrogen) atoms. The van der Waals surface area contributed by atoms with Gasteiger partial charge in [0.05, 0.1) is 11.8 Å². The molecular formula is C18H21FN2OS. The third kappa shape index (κ3) is 4.10. The Morgan fingerprint density at radius 3 is 2.70 bits per heavy atom. The molecule has 0 saturated carbocycles. The van der Waals surface area contributed by atoms with Gasteiger partial charge in [0.25, 0.3) is 0 Å². The zero-order chi connectivity index (χ0) is 16.8. The quantitative estimate of drug-likeness (QED) is 0.806. The maximum Gasteiger partial charge on any atom is 0.233 e. The Morgan fingerprint density at radius 1 is 1.35 bits per heavy atom. The number of aryl methyl sites for hydroxylation is 1. The van der Waals surface area contributed by atoms with Gasteiger partial charge in [0, 0.05) is 18.9 Å². The molecule has 0 fully saturated rings. The number of thioether (sulfide) groups is 1. The summed E-state index contributed by atoms with van der Waals surface area (Å²) in [6.45, 7) is 4.27. The summed E-state index contributed by atoms with van der Waals surface area (Å²) >= 11 is 1.50. The fourth-order valence-electron chi connectivity index (χ4n) is 2.64. The number of carbonyl (C=O) groups excluding carboxylic acids is 1. The minimum atomic E-state index is -0.257. The Balaban J connectivity index is 2.50. The molecular weight excluding hydrogens is 311 g/mol. The molecule has 0 aliphatic rings. The monoisotopic (exact) mass is 332 g/mol. The smallest absolute Gasteiger partial charge is 0.233 e. The maximum atomic E-state index is 13.6. The predicted molar refractivity (Wildman–Crippen MR) is 93.0 cm³/mol. The van der Waals surface area contributed by atoms with Crippen LogP contribution in [0.3, 0.4) is 0 Å². The van der Waals surface area contributed by atoms with E-state index in [9.17, 15) is 9.18 Å². The highest BCUT2D eigenvalue weighted by Gasteiger charge is 2.25. The van der Waals surface area contributed by atoms with E-state index < -0.39 is 0 Å². The lowest BCUT2D eigenvalue weighted by atomic mass is 9.96. The van der Waals surface area contributed by atoms with Crippen molar-refractivity contribution in [3.8, 4) is 0 Å². The first-order chi connectivity index (χ1) is 11.1. The van der Waals surface area contributed by atoms with Gasteiger partial charge in [-0.3, -0.25) is 9.78 Å². The van der Waals surface area contributed by atoms with Gasteiger partial charge in [0.1, 0.15) is 5.82 Å². The lowest BCUT2D eigenvalue weighted by molar-refractivity contribution is -0.129. The Kier molecular flexibility index (Phi) is 6.16. The number of rotatable bonds is 6. The molecule has 1 heterocycles. The van der Waals surface area contributed by atoms with Crippen molar-refractivity contribution in [1.82, 2.24) is 9.88 Å². The molecule has 0 saturated heterocycles. The highest BCUT2D eigenvalue weighted by Crippen LogP contribution is 2.29. The normalized spacial score (nSPS) is 12.0. The molecule has 0 aliphatic carbocycles. The summed E-state index contributed by atoms with van der Waals surface area (Å²) in [4.78, 5) is 18.5. The van der Waals surface area contributed by atoms with Crippen molar-refractivity contribution in [2.24, 2.45) is 0 Å². The Morgan fingerprint density at radius 2 is 2.13 bits per heavy atom. The van der Waals surface area contributed by atoms with Crippen LogP contribution in [0.5, 0.6) is 0 Å². The van der Waals surface area contributed by atoms with Gasteiger partial charge in [0.15, 0.2) is 0 Å². The van der Waals surface area contributed by atoms with Gasteiger partial charge >= 0.3 is 0 Å². The zero-order valence-corrected chi connectivity index (χ0v) is 14.4. The molecule has 2 aromatic rings. The van der Waals surface area contributed by atoms with E-state index in [2.05, 4.69) is 4.98 Å². The number of amides is 1. The summed E-state index contributed by atoms with van der Waals surface area (Å²) in [5.41, 5.74) is 2.40. The number of benzene rings is 1. The van der Waals surface area contributed by atoms with Crippen LogP contribution in [-0.2, 0) is 4.79 Å². The second kappa shape index (κ2) is 8.11. The SMILES string of the molecule is CCN(C(=O)CSC)[C@@H](c1cccnc1)c1ccc(F)c(C)c1. The second-order valence-corrected chi connectivity index (χ2v) is 6.18. The molecule has 1 aromatic carbocycles. The molecule has 3 nitrogen and oxygen atoms in total.